The number of nitrogens with zero attached hydrogens (tertiary/aromatic N) is 1. The van der Waals surface area contributed by atoms with Crippen LogP contribution in [0.1, 0.15) is 130 Å². The Balaban J connectivity index is 4.17. The highest BCUT2D eigenvalue weighted by molar-refractivity contribution is 8.06. The fourth-order valence-corrected chi connectivity index (χ4v) is 5.36. The first-order valence-electron chi connectivity index (χ1n) is 15.6. The van der Waals surface area contributed by atoms with E-state index < -0.39 is 12.1 Å². The molecule has 0 spiro atoms. The second kappa shape index (κ2) is 22.5. The van der Waals surface area contributed by atoms with Crippen molar-refractivity contribution >= 4 is 24.5 Å². The number of hydrogen-bond acceptors (Lipinski definition) is 5. The molecule has 0 aliphatic carbocycles. The van der Waals surface area contributed by atoms with Gasteiger partial charge in [0.15, 0.2) is 0 Å². The SMILES string of the molecule is CCCCCCCCCCCCCCCCCCOCC(C)(CC(COP(O)(O)=S)[N+](C)(C)C)C(=O)OCC. The van der Waals surface area contributed by atoms with Crippen molar-refractivity contribution in [2.45, 2.75) is 136 Å². The Morgan fingerprint density at radius 1 is 0.821 bits per heavy atom. The lowest BCUT2D eigenvalue weighted by Crippen LogP contribution is -2.52. The van der Waals surface area contributed by atoms with E-state index in [2.05, 4.69) is 18.7 Å². The van der Waals surface area contributed by atoms with Crippen LogP contribution in [-0.2, 0) is 30.6 Å². The number of rotatable bonds is 27. The van der Waals surface area contributed by atoms with Crippen molar-refractivity contribution in [3.63, 3.8) is 0 Å². The third-order valence-corrected chi connectivity index (χ3v) is 8.35. The van der Waals surface area contributed by atoms with Crippen LogP contribution in [0.15, 0.2) is 0 Å². The number of quaternary nitrogens is 1. The monoisotopic (exact) mass is 596 g/mol. The smallest absolute Gasteiger partial charge is 0.322 e. The molecule has 0 bridgehead atoms. The molecule has 0 aromatic heterocycles. The van der Waals surface area contributed by atoms with Gasteiger partial charge < -0.3 is 28.3 Å². The zero-order chi connectivity index (χ0) is 29.6. The number of carbonyl (C=O) groups is 1. The van der Waals surface area contributed by atoms with Gasteiger partial charge in [0, 0.05) is 13.0 Å². The molecule has 0 aliphatic rings. The summed E-state index contributed by atoms with van der Waals surface area (Å²) >= 11 is 4.62. The molecule has 2 N–H and O–H groups in total. The molecule has 0 aromatic carbocycles. The normalized spacial score (nSPS) is 14.8. The maximum absolute atomic E-state index is 12.9. The molecule has 0 saturated carbocycles. The fourth-order valence-electron chi connectivity index (χ4n) is 4.82. The third-order valence-electron chi connectivity index (χ3n) is 7.55. The van der Waals surface area contributed by atoms with E-state index in [4.69, 9.17) is 14.0 Å². The first-order valence-corrected chi connectivity index (χ1v) is 18.2. The Labute approximate surface area is 246 Å². The van der Waals surface area contributed by atoms with Gasteiger partial charge in [0.2, 0.25) is 0 Å². The Kier molecular flexibility index (Phi) is 22.5. The van der Waals surface area contributed by atoms with E-state index >= 15 is 0 Å². The van der Waals surface area contributed by atoms with Crippen LogP contribution in [0.25, 0.3) is 0 Å². The highest BCUT2D eigenvalue weighted by Crippen LogP contribution is 2.38. The standard InChI is InChI=1S/C30H62NO6PS/c1-7-9-10-11-12-13-14-15-16-17-18-19-20-21-22-23-24-35-27-30(3,29(32)36-8-2)25-28(31(4,5)6)26-37-38(33,34)39/h28H,7-27H2,1-6H3,(H-,33,34,39)/p+1. The molecule has 0 aliphatic heterocycles. The number of hydrogen-bond donors (Lipinski definition) is 2. The van der Waals surface area contributed by atoms with Crippen molar-refractivity contribution in [1.29, 1.82) is 0 Å². The van der Waals surface area contributed by atoms with Crippen LogP contribution in [0, 0.1) is 5.41 Å². The molecule has 0 heterocycles. The Hall–Kier alpha value is -0.0800. The van der Waals surface area contributed by atoms with Crippen molar-refractivity contribution in [3.8, 4) is 0 Å². The summed E-state index contributed by atoms with van der Waals surface area (Å²) in [7, 11) is 5.94. The van der Waals surface area contributed by atoms with Crippen LogP contribution < -0.4 is 0 Å². The molecule has 9 heteroatoms. The molecule has 0 aromatic rings. The van der Waals surface area contributed by atoms with Crippen molar-refractivity contribution in [2.24, 2.45) is 5.41 Å². The maximum Gasteiger partial charge on any atom is 0.322 e. The van der Waals surface area contributed by atoms with Crippen LogP contribution in [0.4, 0.5) is 0 Å². The summed E-state index contributed by atoms with van der Waals surface area (Å²) in [5.74, 6) is -0.303. The first-order chi connectivity index (χ1) is 18.4. The number of likely N-dealkylation sites (N-methyl/N-ethyl adjacent to an activating group) is 1. The van der Waals surface area contributed by atoms with Gasteiger partial charge in [-0.3, -0.25) is 4.79 Å². The van der Waals surface area contributed by atoms with Gasteiger partial charge in [0.1, 0.15) is 12.6 Å². The van der Waals surface area contributed by atoms with Crippen molar-refractivity contribution in [2.75, 3.05) is 47.6 Å². The highest BCUT2D eigenvalue weighted by atomic mass is 32.5. The minimum Gasteiger partial charge on any atom is -0.466 e. The molecule has 2 atom stereocenters. The molecular formula is C30H63NO6PS+. The van der Waals surface area contributed by atoms with Crippen LogP contribution in [0.2, 0.25) is 0 Å². The van der Waals surface area contributed by atoms with E-state index in [9.17, 15) is 14.6 Å². The number of carbonyl (C=O) groups excluding carboxylic acids is 1. The van der Waals surface area contributed by atoms with Gasteiger partial charge in [0.25, 0.3) is 0 Å². The number of esters is 1. The summed E-state index contributed by atoms with van der Waals surface area (Å²) in [4.78, 5) is 31.9. The minimum atomic E-state index is -3.77. The second-order valence-electron chi connectivity index (χ2n) is 12.4. The average molecular weight is 597 g/mol. The molecule has 2 unspecified atom stereocenters. The lowest BCUT2D eigenvalue weighted by molar-refractivity contribution is -0.897. The summed E-state index contributed by atoms with van der Waals surface area (Å²) in [6.07, 6.45) is 21.7. The summed E-state index contributed by atoms with van der Waals surface area (Å²) in [5.41, 5.74) is -0.863. The van der Waals surface area contributed by atoms with E-state index in [-0.39, 0.29) is 25.2 Å². The van der Waals surface area contributed by atoms with Crippen molar-refractivity contribution in [1.82, 2.24) is 0 Å². The molecule has 0 radical (unpaired) electrons. The molecule has 0 fully saturated rings. The first kappa shape index (κ1) is 38.9. The van der Waals surface area contributed by atoms with Crippen LogP contribution in [-0.4, -0.2) is 73.9 Å². The predicted molar refractivity (Wildman–Crippen MR) is 166 cm³/mol. The Morgan fingerprint density at radius 2 is 1.26 bits per heavy atom. The van der Waals surface area contributed by atoms with Crippen molar-refractivity contribution < 1.29 is 33.1 Å². The van der Waals surface area contributed by atoms with Gasteiger partial charge in [-0.25, -0.2) is 0 Å². The van der Waals surface area contributed by atoms with Gasteiger partial charge in [-0.05, 0) is 32.1 Å². The van der Waals surface area contributed by atoms with Gasteiger partial charge in [0.05, 0.1) is 39.8 Å². The Morgan fingerprint density at radius 3 is 1.64 bits per heavy atom. The summed E-state index contributed by atoms with van der Waals surface area (Å²) in [6.45, 7) is 3.37. The quantitative estimate of drug-likeness (QED) is 0.0439. The maximum atomic E-state index is 12.9. The molecule has 234 valence electrons. The van der Waals surface area contributed by atoms with E-state index in [0.29, 0.717) is 24.1 Å². The van der Waals surface area contributed by atoms with Crippen LogP contribution in [0.3, 0.4) is 0 Å². The van der Waals surface area contributed by atoms with Gasteiger partial charge in [-0.15, -0.1) is 0 Å². The largest absolute Gasteiger partial charge is 0.466 e. The Bertz CT molecular complexity index is 654. The lowest BCUT2D eigenvalue weighted by atomic mass is 9.83. The summed E-state index contributed by atoms with van der Waals surface area (Å²) < 4.78 is 17.0. The van der Waals surface area contributed by atoms with E-state index in [1.54, 1.807) is 6.92 Å². The van der Waals surface area contributed by atoms with Gasteiger partial charge in [-0.1, -0.05) is 103 Å². The molecule has 39 heavy (non-hydrogen) atoms. The molecule has 7 nitrogen and oxygen atoms in total. The third kappa shape index (κ3) is 22.2. The lowest BCUT2D eigenvalue weighted by Gasteiger charge is -2.39. The van der Waals surface area contributed by atoms with E-state index in [1.807, 2.05) is 28.1 Å². The van der Waals surface area contributed by atoms with Gasteiger partial charge >= 0.3 is 12.7 Å². The van der Waals surface area contributed by atoms with Crippen LogP contribution in [0.5, 0.6) is 0 Å². The molecular weight excluding hydrogens is 533 g/mol. The van der Waals surface area contributed by atoms with E-state index in [1.165, 1.54) is 89.9 Å². The van der Waals surface area contributed by atoms with Crippen molar-refractivity contribution in [3.05, 3.63) is 0 Å². The van der Waals surface area contributed by atoms with Gasteiger partial charge in [-0.2, -0.15) is 0 Å². The summed E-state index contributed by atoms with van der Waals surface area (Å²) in [6, 6.07) is -0.194. The number of unbranched alkanes of at least 4 members (excludes halogenated alkanes) is 15. The second-order valence-corrected chi connectivity index (χ2v) is 15.1. The zero-order valence-corrected chi connectivity index (χ0v) is 28.0. The predicted octanol–water partition coefficient (Wildman–Crippen LogP) is 7.52. The topological polar surface area (TPSA) is 85.2 Å². The molecule has 0 amide bonds. The minimum absolute atomic E-state index is 0.0435. The average Bonchev–Trinajstić information content (AvgIpc) is 2.84. The highest BCUT2D eigenvalue weighted by Gasteiger charge is 2.42. The van der Waals surface area contributed by atoms with E-state index in [0.717, 1.165) is 12.8 Å². The molecule has 0 rings (SSSR count). The van der Waals surface area contributed by atoms with Crippen LogP contribution >= 0.6 is 6.72 Å². The summed E-state index contributed by atoms with van der Waals surface area (Å²) in [5, 5.41) is 0. The zero-order valence-electron chi connectivity index (χ0n) is 26.3. The fraction of sp³-hybridized carbons (Fsp3) is 0.967. The molecule has 0 saturated heterocycles. The number of ether oxygens (including phenoxy) is 2.